The summed E-state index contributed by atoms with van der Waals surface area (Å²) in [5.41, 5.74) is 0.748. The second-order valence-electron chi connectivity index (χ2n) is 5.64. The van der Waals surface area contributed by atoms with E-state index >= 15 is 0 Å². The Balaban J connectivity index is 1.37. The van der Waals surface area contributed by atoms with Crippen molar-refractivity contribution in [3.63, 3.8) is 0 Å². The highest BCUT2D eigenvalue weighted by molar-refractivity contribution is 6.30. The van der Waals surface area contributed by atoms with Crippen LogP contribution in [0, 0.1) is 0 Å². The number of nitrogens with zero attached hydrogens (tertiary/aromatic N) is 2. The molecule has 2 N–H and O–H groups in total. The lowest BCUT2D eigenvalue weighted by Crippen LogP contribution is -2.36. The molecule has 3 rings (SSSR count). The minimum atomic E-state index is -0.513. The van der Waals surface area contributed by atoms with E-state index in [4.69, 9.17) is 20.9 Å². The number of hydrogen-bond donors (Lipinski definition) is 2. The zero-order valence-electron chi connectivity index (χ0n) is 14.7. The molecule has 0 unspecified atom stereocenters. The fourth-order valence-corrected chi connectivity index (χ4v) is 2.33. The molecular weight excluding hydrogens is 384 g/mol. The maximum Gasteiger partial charge on any atom is 0.316 e. The van der Waals surface area contributed by atoms with E-state index in [0.29, 0.717) is 16.6 Å². The van der Waals surface area contributed by atoms with E-state index in [1.54, 1.807) is 24.3 Å². The number of nitrogens with one attached hydrogen (secondary N) is 2. The van der Waals surface area contributed by atoms with Crippen LogP contribution in [-0.2, 0) is 4.79 Å². The summed E-state index contributed by atoms with van der Waals surface area (Å²) >= 11 is 5.78. The van der Waals surface area contributed by atoms with Gasteiger partial charge < -0.3 is 19.9 Å². The third-order valence-electron chi connectivity index (χ3n) is 3.57. The van der Waals surface area contributed by atoms with E-state index in [-0.39, 0.29) is 31.5 Å². The molecule has 2 aromatic carbocycles. The molecule has 8 nitrogen and oxygen atoms in total. The summed E-state index contributed by atoms with van der Waals surface area (Å²) < 4.78 is 10.3. The Labute approximate surface area is 165 Å². The lowest BCUT2D eigenvalue weighted by molar-refractivity contribution is -0.123. The van der Waals surface area contributed by atoms with Gasteiger partial charge in [-0.05, 0) is 24.3 Å². The first-order valence-electron chi connectivity index (χ1n) is 8.44. The number of carbonyl (C=O) groups excluding carboxylic acids is 2. The van der Waals surface area contributed by atoms with Gasteiger partial charge in [0.1, 0.15) is 5.75 Å². The number of amides is 2. The number of halogens is 1. The third kappa shape index (κ3) is 5.55. The summed E-state index contributed by atoms with van der Waals surface area (Å²) in [5, 5.41) is 9.59. The average molecular weight is 401 g/mol. The van der Waals surface area contributed by atoms with Gasteiger partial charge in [-0.3, -0.25) is 9.59 Å². The van der Waals surface area contributed by atoms with E-state index in [2.05, 4.69) is 20.8 Å². The van der Waals surface area contributed by atoms with Gasteiger partial charge in [-0.2, -0.15) is 4.98 Å². The molecule has 0 saturated heterocycles. The van der Waals surface area contributed by atoms with Crippen LogP contribution in [0.5, 0.6) is 5.75 Å². The van der Waals surface area contributed by atoms with E-state index in [1.165, 1.54) is 0 Å². The monoisotopic (exact) mass is 400 g/mol. The minimum absolute atomic E-state index is 0.139. The van der Waals surface area contributed by atoms with Crippen LogP contribution in [0.3, 0.4) is 0 Å². The Bertz CT molecular complexity index is 929. The van der Waals surface area contributed by atoms with Crippen LogP contribution in [-0.4, -0.2) is 41.7 Å². The van der Waals surface area contributed by atoms with Gasteiger partial charge in [-0.15, -0.1) is 0 Å². The summed E-state index contributed by atoms with van der Waals surface area (Å²) in [6.45, 7) is 0.294. The number of aromatic nitrogens is 2. The molecule has 0 radical (unpaired) electrons. The van der Waals surface area contributed by atoms with Crippen molar-refractivity contribution in [2.75, 3.05) is 19.7 Å². The summed E-state index contributed by atoms with van der Waals surface area (Å²) in [6.07, 6.45) is 0. The number of benzene rings is 2. The van der Waals surface area contributed by atoms with E-state index < -0.39 is 5.91 Å². The highest BCUT2D eigenvalue weighted by Gasteiger charge is 2.15. The largest absolute Gasteiger partial charge is 0.484 e. The molecule has 0 aliphatic rings. The molecule has 0 atom stereocenters. The van der Waals surface area contributed by atoms with Gasteiger partial charge in [0.25, 0.3) is 5.91 Å². The standard InChI is InChI=1S/C19H17ClN4O4/c20-14-6-8-15(9-7-14)27-12-16(25)21-10-11-22-18(26)19-23-17(24-28-19)13-4-2-1-3-5-13/h1-9H,10-12H2,(H,21,25)(H,22,26). The van der Waals surface area contributed by atoms with Crippen molar-refractivity contribution >= 4 is 23.4 Å². The van der Waals surface area contributed by atoms with Crippen molar-refractivity contribution in [2.24, 2.45) is 0 Å². The maximum atomic E-state index is 12.0. The van der Waals surface area contributed by atoms with Crippen molar-refractivity contribution in [3.05, 3.63) is 65.5 Å². The predicted molar refractivity (Wildman–Crippen MR) is 102 cm³/mol. The van der Waals surface area contributed by atoms with Crippen molar-refractivity contribution in [1.29, 1.82) is 0 Å². The van der Waals surface area contributed by atoms with Crippen molar-refractivity contribution in [2.45, 2.75) is 0 Å². The molecular formula is C19H17ClN4O4. The Morgan fingerprint density at radius 2 is 1.71 bits per heavy atom. The molecule has 0 fully saturated rings. The molecule has 144 valence electrons. The first-order chi connectivity index (χ1) is 13.6. The molecule has 0 aliphatic carbocycles. The Hall–Kier alpha value is -3.39. The lowest BCUT2D eigenvalue weighted by atomic mass is 10.2. The van der Waals surface area contributed by atoms with Crippen molar-refractivity contribution in [3.8, 4) is 17.1 Å². The quantitative estimate of drug-likeness (QED) is 0.562. The Kier molecular flexibility index (Phi) is 6.59. The summed E-state index contributed by atoms with van der Waals surface area (Å²) in [4.78, 5) is 27.8. The number of rotatable bonds is 8. The zero-order valence-corrected chi connectivity index (χ0v) is 15.5. The maximum absolute atomic E-state index is 12.0. The molecule has 9 heteroatoms. The van der Waals surface area contributed by atoms with Crippen molar-refractivity contribution < 1.29 is 18.8 Å². The molecule has 1 heterocycles. The van der Waals surface area contributed by atoms with Gasteiger partial charge in [0.05, 0.1) is 0 Å². The van der Waals surface area contributed by atoms with Crippen LogP contribution in [0.15, 0.2) is 59.1 Å². The van der Waals surface area contributed by atoms with E-state index in [9.17, 15) is 9.59 Å². The van der Waals surface area contributed by atoms with E-state index in [0.717, 1.165) is 5.56 Å². The molecule has 3 aromatic rings. The second-order valence-corrected chi connectivity index (χ2v) is 6.07. The average Bonchev–Trinajstić information content (AvgIpc) is 3.22. The number of ether oxygens (including phenoxy) is 1. The smallest absolute Gasteiger partial charge is 0.316 e. The highest BCUT2D eigenvalue weighted by atomic mass is 35.5. The molecule has 0 saturated carbocycles. The number of hydrogen-bond acceptors (Lipinski definition) is 6. The second kappa shape index (κ2) is 9.52. The zero-order chi connectivity index (χ0) is 19.8. The van der Waals surface area contributed by atoms with Gasteiger partial charge >= 0.3 is 11.8 Å². The van der Waals surface area contributed by atoms with Gasteiger partial charge in [-0.25, -0.2) is 0 Å². The SMILES string of the molecule is O=C(COc1ccc(Cl)cc1)NCCNC(=O)c1nc(-c2ccccc2)no1. The predicted octanol–water partition coefficient (Wildman–Crippen LogP) is 2.32. The van der Waals surface area contributed by atoms with Crippen LogP contribution in [0.1, 0.15) is 10.7 Å². The Morgan fingerprint density at radius 3 is 2.46 bits per heavy atom. The van der Waals surface area contributed by atoms with Crippen LogP contribution in [0.4, 0.5) is 0 Å². The van der Waals surface area contributed by atoms with Gasteiger partial charge in [0, 0.05) is 23.7 Å². The molecule has 0 spiro atoms. The molecule has 28 heavy (non-hydrogen) atoms. The fraction of sp³-hybridized carbons (Fsp3) is 0.158. The van der Waals surface area contributed by atoms with Crippen LogP contribution in [0.2, 0.25) is 5.02 Å². The lowest BCUT2D eigenvalue weighted by Gasteiger charge is -2.07. The molecule has 0 bridgehead atoms. The Morgan fingerprint density at radius 1 is 1.00 bits per heavy atom. The van der Waals surface area contributed by atoms with Gasteiger partial charge in [-0.1, -0.05) is 47.1 Å². The van der Waals surface area contributed by atoms with E-state index in [1.807, 2.05) is 30.3 Å². The summed E-state index contributed by atoms with van der Waals surface area (Å²) in [5.74, 6) is -0.0946. The first kappa shape index (κ1) is 19.4. The topological polar surface area (TPSA) is 106 Å². The normalized spacial score (nSPS) is 10.3. The summed E-state index contributed by atoms with van der Waals surface area (Å²) in [6, 6.07) is 15.9. The number of carbonyl (C=O) groups is 2. The van der Waals surface area contributed by atoms with Gasteiger partial charge in [0.15, 0.2) is 6.61 Å². The molecule has 0 aliphatic heterocycles. The summed E-state index contributed by atoms with van der Waals surface area (Å²) in [7, 11) is 0. The highest BCUT2D eigenvalue weighted by Crippen LogP contribution is 2.15. The molecule has 2 amide bonds. The molecule has 1 aromatic heterocycles. The first-order valence-corrected chi connectivity index (χ1v) is 8.82. The third-order valence-corrected chi connectivity index (χ3v) is 3.82. The van der Waals surface area contributed by atoms with Crippen molar-refractivity contribution in [1.82, 2.24) is 20.8 Å². The van der Waals surface area contributed by atoms with Crippen LogP contribution >= 0.6 is 11.6 Å². The van der Waals surface area contributed by atoms with Gasteiger partial charge in [0.2, 0.25) is 5.82 Å². The van der Waals surface area contributed by atoms with Crippen LogP contribution < -0.4 is 15.4 Å². The van der Waals surface area contributed by atoms with Crippen LogP contribution in [0.25, 0.3) is 11.4 Å². The minimum Gasteiger partial charge on any atom is -0.484 e. The fourth-order valence-electron chi connectivity index (χ4n) is 2.20.